The summed E-state index contributed by atoms with van der Waals surface area (Å²) in [5.41, 5.74) is 2.56. The Balaban J connectivity index is 2.15. The lowest BCUT2D eigenvalue weighted by molar-refractivity contribution is 0.101. The summed E-state index contributed by atoms with van der Waals surface area (Å²) < 4.78 is 0. The first-order chi connectivity index (χ1) is 10.9. The molecule has 0 aliphatic heterocycles. The molecule has 5 nitrogen and oxygen atoms in total. The molecule has 2 N–H and O–H groups in total. The number of hydrogen-bond acceptors (Lipinski definition) is 4. The first-order valence-corrected chi connectivity index (χ1v) is 7.52. The fourth-order valence-corrected chi connectivity index (χ4v) is 2.08. The summed E-state index contributed by atoms with van der Waals surface area (Å²) in [5.74, 6) is 0.440. The van der Waals surface area contributed by atoms with Gasteiger partial charge in [0.05, 0.1) is 5.56 Å². The van der Waals surface area contributed by atoms with E-state index in [9.17, 15) is 9.59 Å². The molecule has 0 unspecified atom stereocenters. The van der Waals surface area contributed by atoms with E-state index < -0.39 is 0 Å². The van der Waals surface area contributed by atoms with E-state index in [-0.39, 0.29) is 17.7 Å². The summed E-state index contributed by atoms with van der Waals surface area (Å²) in [6.45, 7) is 7.42. The molecule has 0 atom stereocenters. The summed E-state index contributed by atoms with van der Waals surface area (Å²) in [5, 5.41) is 6.00. The normalized spacial score (nSPS) is 10.5. The first kappa shape index (κ1) is 16.7. The van der Waals surface area contributed by atoms with Crippen molar-refractivity contribution in [2.24, 2.45) is 0 Å². The first-order valence-electron chi connectivity index (χ1n) is 7.52. The molecule has 1 aromatic carbocycles. The largest absolute Gasteiger partial charge is 0.368 e. The van der Waals surface area contributed by atoms with Crippen molar-refractivity contribution in [3.8, 4) is 0 Å². The molecule has 2 aromatic rings. The van der Waals surface area contributed by atoms with Crippen LogP contribution in [0.5, 0.6) is 0 Å². The molecule has 0 aliphatic rings. The number of ketones is 1. The number of anilines is 2. The third kappa shape index (κ3) is 4.39. The highest BCUT2D eigenvalue weighted by molar-refractivity contribution is 6.05. The van der Waals surface area contributed by atoms with Crippen LogP contribution in [0.2, 0.25) is 0 Å². The number of rotatable bonds is 5. The van der Waals surface area contributed by atoms with Crippen LogP contribution in [0.15, 0.2) is 36.5 Å². The predicted molar refractivity (Wildman–Crippen MR) is 92.1 cm³/mol. The van der Waals surface area contributed by atoms with Crippen LogP contribution >= 0.6 is 0 Å². The Morgan fingerprint density at radius 3 is 2.35 bits per heavy atom. The van der Waals surface area contributed by atoms with Crippen molar-refractivity contribution in [3.05, 3.63) is 53.2 Å². The molecule has 0 fully saturated rings. The lowest BCUT2D eigenvalue weighted by Gasteiger charge is -2.11. The van der Waals surface area contributed by atoms with Gasteiger partial charge in [-0.25, -0.2) is 4.98 Å². The van der Waals surface area contributed by atoms with E-state index in [2.05, 4.69) is 15.6 Å². The third-order valence-corrected chi connectivity index (χ3v) is 3.35. The average molecular weight is 311 g/mol. The van der Waals surface area contributed by atoms with Gasteiger partial charge in [0.1, 0.15) is 5.82 Å². The fraction of sp³-hybridized carbons (Fsp3) is 0.278. The van der Waals surface area contributed by atoms with Crippen LogP contribution in [0.4, 0.5) is 11.5 Å². The van der Waals surface area contributed by atoms with Gasteiger partial charge in [-0.1, -0.05) is 12.1 Å². The minimum atomic E-state index is -0.252. The minimum Gasteiger partial charge on any atom is -0.368 e. The Hall–Kier alpha value is -2.69. The van der Waals surface area contributed by atoms with Crippen LogP contribution < -0.4 is 10.6 Å². The van der Waals surface area contributed by atoms with E-state index in [1.54, 1.807) is 24.3 Å². The van der Waals surface area contributed by atoms with Gasteiger partial charge in [-0.15, -0.1) is 0 Å². The number of hydrogen-bond donors (Lipinski definition) is 2. The second kappa shape index (κ2) is 7.05. The van der Waals surface area contributed by atoms with Crippen molar-refractivity contribution < 1.29 is 9.59 Å². The molecule has 0 aliphatic carbocycles. The van der Waals surface area contributed by atoms with Gasteiger partial charge in [-0.3, -0.25) is 9.59 Å². The smallest absolute Gasteiger partial charge is 0.257 e. The van der Waals surface area contributed by atoms with Gasteiger partial charge in [0.15, 0.2) is 5.78 Å². The lowest BCUT2D eigenvalue weighted by atomic mass is 10.1. The van der Waals surface area contributed by atoms with Gasteiger partial charge in [0.2, 0.25) is 0 Å². The molecule has 5 heteroatoms. The second-order valence-corrected chi connectivity index (χ2v) is 5.77. The zero-order valence-corrected chi connectivity index (χ0v) is 13.8. The summed E-state index contributed by atoms with van der Waals surface area (Å²) >= 11 is 0. The minimum absolute atomic E-state index is 0.0359. The standard InChI is InChI=1S/C18H21N3O2/c1-11(2)20-17-8-7-15(10-19-17)18(23)21-16-9-14(13(4)22)6-5-12(16)3/h5-11H,1-4H3,(H,19,20)(H,21,23). The number of nitrogens with zero attached hydrogens (tertiary/aromatic N) is 1. The Morgan fingerprint density at radius 1 is 1.09 bits per heavy atom. The molecule has 1 aromatic heterocycles. The van der Waals surface area contributed by atoms with Gasteiger partial charge in [0, 0.05) is 23.5 Å². The topological polar surface area (TPSA) is 71.1 Å². The molecular weight excluding hydrogens is 290 g/mol. The van der Waals surface area contributed by atoms with Crippen LogP contribution in [0.3, 0.4) is 0 Å². The fourth-order valence-electron chi connectivity index (χ4n) is 2.08. The molecule has 0 bridgehead atoms. The highest BCUT2D eigenvalue weighted by Gasteiger charge is 2.10. The summed E-state index contributed by atoms with van der Waals surface area (Å²) in [4.78, 5) is 28.0. The maximum atomic E-state index is 12.3. The van der Waals surface area contributed by atoms with Crippen LogP contribution in [0, 0.1) is 6.92 Å². The van der Waals surface area contributed by atoms with E-state index in [1.165, 1.54) is 13.1 Å². The summed E-state index contributed by atoms with van der Waals surface area (Å²) in [6, 6.07) is 9.03. The molecule has 0 radical (unpaired) electrons. The number of aryl methyl sites for hydroxylation is 1. The molecule has 1 heterocycles. The van der Waals surface area contributed by atoms with E-state index in [0.717, 1.165) is 11.4 Å². The van der Waals surface area contributed by atoms with Crippen molar-refractivity contribution in [3.63, 3.8) is 0 Å². The molecular formula is C18H21N3O2. The number of carbonyl (C=O) groups excluding carboxylic acids is 2. The molecule has 120 valence electrons. The summed E-state index contributed by atoms with van der Waals surface area (Å²) in [6.07, 6.45) is 1.53. The molecule has 0 saturated carbocycles. The maximum Gasteiger partial charge on any atom is 0.257 e. The number of aromatic nitrogens is 1. The lowest BCUT2D eigenvalue weighted by Crippen LogP contribution is -2.15. The van der Waals surface area contributed by atoms with Gasteiger partial charge >= 0.3 is 0 Å². The summed E-state index contributed by atoms with van der Waals surface area (Å²) in [7, 11) is 0. The van der Waals surface area contributed by atoms with Crippen LogP contribution in [0.25, 0.3) is 0 Å². The average Bonchev–Trinajstić information content (AvgIpc) is 2.49. The van der Waals surface area contributed by atoms with Gasteiger partial charge in [0.25, 0.3) is 5.91 Å². The molecule has 2 rings (SSSR count). The number of pyridine rings is 1. The number of nitrogens with one attached hydrogen (secondary N) is 2. The number of Topliss-reactive ketones (excluding diaryl/α,β-unsaturated/α-hetero) is 1. The van der Waals surface area contributed by atoms with Crippen molar-refractivity contribution in [1.82, 2.24) is 4.98 Å². The molecule has 0 spiro atoms. The Labute approximate surface area is 136 Å². The van der Waals surface area contributed by atoms with Crippen LogP contribution in [-0.4, -0.2) is 22.7 Å². The van der Waals surface area contributed by atoms with Crippen molar-refractivity contribution in [1.29, 1.82) is 0 Å². The number of amides is 1. The second-order valence-electron chi connectivity index (χ2n) is 5.77. The number of benzene rings is 1. The molecule has 1 amide bonds. The monoisotopic (exact) mass is 311 g/mol. The highest BCUT2D eigenvalue weighted by Crippen LogP contribution is 2.18. The van der Waals surface area contributed by atoms with Crippen molar-refractivity contribution >= 4 is 23.2 Å². The third-order valence-electron chi connectivity index (χ3n) is 3.35. The zero-order valence-electron chi connectivity index (χ0n) is 13.8. The van der Waals surface area contributed by atoms with E-state index in [1.807, 2.05) is 26.8 Å². The molecule has 0 saturated heterocycles. The number of carbonyl (C=O) groups is 2. The highest BCUT2D eigenvalue weighted by atomic mass is 16.1. The maximum absolute atomic E-state index is 12.3. The van der Waals surface area contributed by atoms with Gasteiger partial charge < -0.3 is 10.6 Å². The predicted octanol–water partition coefficient (Wildman–Crippen LogP) is 3.67. The Morgan fingerprint density at radius 2 is 1.78 bits per heavy atom. The van der Waals surface area contributed by atoms with Gasteiger partial charge in [-0.2, -0.15) is 0 Å². The zero-order chi connectivity index (χ0) is 17.0. The van der Waals surface area contributed by atoms with Crippen molar-refractivity contribution in [2.45, 2.75) is 33.7 Å². The van der Waals surface area contributed by atoms with E-state index >= 15 is 0 Å². The van der Waals surface area contributed by atoms with Gasteiger partial charge in [-0.05, 0) is 51.5 Å². The van der Waals surface area contributed by atoms with E-state index in [0.29, 0.717) is 16.8 Å². The Kier molecular flexibility index (Phi) is 5.11. The van der Waals surface area contributed by atoms with Crippen LogP contribution in [0.1, 0.15) is 47.1 Å². The SMILES string of the molecule is CC(=O)c1ccc(C)c(NC(=O)c2ccc(NC(C)C)nc2)c1. The van der Waals surface area contributed by atoms with Crippen molar-refractivity contribution in [2.75, 3.05) is 10.6 Å². The quantitative estimate of drug-likeness (QED) is 0.827. The van der Waals surface area contributed by atoms with E-state index in [4.69, 9.17) is 0 Å². The Bertz CT molecular complexity index is 722. The molecule has 23 heavy (non-hydrogen) atoms. The van der Waals surface area contributed by atoms with Crippen LogP contribution in [-0.2, 0) is 0 Å².